The van der Waals surface area contributed by atoms with Crippen molar-refractivity contribution in [3.8, 4) is 17.0 Å². The van der Waals surface area contributed by atoms with Crippen LogP contribution in [0.5, 0.6) is 5.75 Å². The summed E-state index contributed by atoms with van der Waals surface area (Å²) in [6.45, 7) is 0. The molecule has 0 aliphatic heterocycles. The quantitative estimate of drug-likeness (QED) is 0.489. The zero-order valence-electron chi connectivity index (χ0n) is 15.9. The highest BCUT2D eigenvalue weighted by Gasteiger charge is 2.15. The molecule has 0 bridgehead atoms. The van der Waals surface area contributed by atoms with Crippen LogP contribution in [0.2, 0.25) is 0 Å². The van der Waals surface area contributed by atoms with E-state index in [-0.39, 0.29) is 5.97 Å². The lowest BCUT2D eigenvalue weighted by Crippen LogP contribution is -2.02. The van der Waals surface area contributed by atoms with Crippen LogP contribution in [0.25, 0.3) is 22.2 Å². The van der Waals surface area contributed by atoms with Crippen LogP contribution in [0.3, 0.4) is 0 Å². The lowest BCUT2D eigenvalue weighted by molar-refractivity contribution is 0.0600. The monoisotopic (exact) mass is 371 g/mol. The number of esters is 1. The standard InChI is InChI=1S/C24H21NO3/c1-27-19-11-12-20-21(14-16-7-6-10-18(13-16)24(26)28-2)23(25-22(20)15-19)17-8-4-3-5-9-17/h3-13,15,25H,14H2,1-2H3. The van der Waals surface area contributed by atoms with Crippen molar-refractivity contribution in [2.24, 2.45) is 0 Å². The first kappa shape index (κ1) is 17.9. The number of fused-ring (bicyclic) bond motifs is 1. The summed E-state index contributed by atoms with van der Waals surface area (Å²) in [5.41, 5.74) is 6.02. The number of H-pyrrole nitrogens is 1. The number of rotatable bonds is 5. The Morgan fingerprint density at radius 1 is 0.929 bits per heavy atom. The summed E-state index contributed by atoms with van der Waals surface area (Å²) in [7, 11) is 3.07. The van der Waals surface area contributed by atoms with Gasteiger partial charge in [0.25, 0.3) is 0 Å². The number of carbonyl (C=O) groups excluding carboxylic acids is 1. The van der Waals surface area contributed by atoms with Crippen LogP contribution >= 0.6 is 0 Å². The second-order valence-corrected chi connectivity index (χ2v) is 6.62. The molecular formula is C24H21NO3. The van der Waals surface area contributed by atoms with Gasteiger partial charge in [-0.05, 0) is 41.0 Å². The average Bonchev–Trinajstić information content (AvgIpc) is 3.11. The van der Waals surface area contributed by atoms with Crippen molar-refractivity contribution in [1.82, 2.24) is 4.98 Å². The van der Waals surface area contributed by atoms with E-state index in [4.69, 9.17) is 9.47 Å². The van der Waals surface area contributed by atoms with Crippen LogP contribution in [0.15, 0.2) is 72.8 Å². The van der Waals surface area contributed by atoms with Crippen molar-refractivity contribution >= 4 is 16.9 Å². The third-order valence-electron chi connectivity index (χ3n) is 4.90. The Morgan fingerprint density at radius 2 is 1.75 bits per heavy atom. The molecule has 0 amide bonds. The normalized spacial score (nSPS) is 10.8. The summed E-state index contributed by atoms with van der Waals surface area (Å²) >= 11 is 0. The van der Waals surface area contributed by atoms with Gasteiger partial charge in [0.1, 0.15) is 5.75 Å². The molecule has 0 radical (unpaired) electrons. The van der Waals surface area contributed by atoms with E-state index in [0.717, 1.165) is 33.5 Å². The lowest BCUT2D eigenvalue weighted by Gasteiger charge is -2.07. The van der Waals surface area contributed by atoms with E-state index in [2.05, 4.69) is 23.2 Å². The van der Waals surface area contributed by atoms with E-state index in [9.17, 15) is 4.79 Å². The maximum absolute atomic E-state index is 11.9. The van der Waals surface area contributed by atoms with Gasteiger partial charge in [-0.15, -0.1) is 0 Å². The van der Waals surface area contributed by atoms with Crippen molar-refractivity contribution in [2.75, 3.05) is 14.2 Å². The maximum atomic E-state index is 11.9. The fourth-order valence-electron chi connectivity index (χ4n) is 3.53. The molecule has 0 saturated carbocycles. The first-order valence-corrected chi connectivity index (χ1v) is 9.11. The van der Waals surface area contributed by atoms with E-state index in [1.165, 1.54) is 12.7 Å². The van der Waals surface area contributed by atoms with Gasteiger partial charge in [0.15, 0.2) is 0 Å². The summed E-state index contributed by atoms with van der Waals surface area (Å²) in [4.78, 5) is 15.4. The van der Waals surface area contributed by atoms with Gasteiger partial charge in [0, 0.05) is 23.4 Å². The number of hydrogen-bond donors (Lipinski definition) is 1. The Balaban J connectivity index is 1.84. The van der Waals surface area contributed by atoms with Crippen molar-refractivity contribution in [2.45, 2.75) is 6.42 Å². The molecule has 4 rings (SSSR count). The van der Waals surface area contributed by atoms with Gasteiger partial charge < -0.3 is 14.5 Å². The Kier molecular flexibility index (Phi) is 4.85. The number of benzene rings is 3. The number of nitrogens with one attached hydrogen (secondary N) is 1. The summed E-state index contributed by atoms with van der Waals surface area (Å²) < 4.78 is 10.2. The number of aromatic nitrogens is 1. The van der Waals surface area contributed by atoms with E-state index in [1.807, 2.05) is 48.5 Å². The van der Waals surface area contributed by atoms with Crippen molar-refractivity contribution < 1.29 is 14.3 Å². The van der Waals surface area contributed by atoms with Gasteiger partial charge in [0.2, 0.25) is 0 Å². The van der Waals surface area contributed by atoms with Crippen LogP contribution < -0.4 is 4.74 Å². The molecule has 3 aromatic carbocycles. The molecule has 4 heteroatoms. The number of methoxy groups -OCH3 is 2. The fraction of sp³-hybridized carbons (Fsp3) is 0.125. The van der Waals surface area contributed by atoms with E-state index in [1.54, 1.807) is 13.2 Å². The van der Waals surface area contributed by atoms with E-state index >= 15 is 0 Å². The predicted molar refractivity (Wildman–Crippen MR) is 111 cm³/mol. The molecule has 0 fully saturated rings. The molecule has 4 aromatic rings. The highest BCUT2D eigenvalue weighted by Crippen LogP contribution is 2.34. The largest absolute Gasteiger partial charge is 0.497 e. The van der Waals surface area contributed by atoms with Gasteiger partial charge in [-0.1, -0.05) is 42.5 Å². The highest BCUT2D eigenvalue weighted by molar-refractivity contribution is 5.92. The third-order valence-corrected chi connectivity index (χ3v) is 4.90. The van der Waals surface area contributed by atoms with E-state index in [0.29, 0.717) is 12.0 Å². The van der Waals surface area contributed by atoms with Gasteiger partial charge in [-0.3, -0.25) is 0 Å². The van der Waals surface area contributed by atoms with Gasteiger partial charge >= 0.3 is 5.97 Å². The predicted octanol–water partition coefficient (Wildman–Crippen LogP) is 5.22. The topological polar surface area (TPSA) is 51.3 Å². The SMILES string of the molecule is COC(=O)c1cccc(Cc2c(-c3ccccc3)[nH]c3cc(OC)ccc23)c1. The summed E-state index contributed by atoms with van der Waals surface area (Å²) in [5, 5.41) is 1.14. The molecule has 0 unspecified atom stereocenters. The van der Waals surface area contributed by atoms with Crippen LogP contribution in [0.4, 0.5) is 0 Å². The Bertz CT molecular complexity index is 1130. The van der Waals surface area contributed by atoms with Crippen molar-refractivity contribution in [3.63, 3.8) is 0 Å². The van der Waals surface area contributed by atoms with Crippen LogP contribution in [0, 0.1) is 0 Å². The molecule has 1 heterocycles. The van der Waals surface area contributed by atoms with Gasteiger partial charge in [0.05, 0.1) is 25.5 Å². The summed E-state index contributed by atoms with van der Waals surface area (Å²) in [6.07, 6.45) is 0.696. The van der Waals surface area contributed by atoms with Gasteiger partial charge in [-0.25, -0.2) is 4.79 Å². The summed E-state index contributed by atoms with van der Waals surface area (Å²) in [6, 6.07) is 23.9. The smallest absolute Gasteiger partial charge is 0.337 e. The molecule has 28 heavy (non-hydrogen) atoms. The minimum Gasteiger partial charge on any atom is -0.497 e. The molecule has 0 saturated heterocycles. The number of carbonyl (C=O) groups is 1. The van der Waals surface area contributed by atoms with Crippen LogP contribution in [-0.2, 0) is 11.2 Å². The highest BCUT2D eigenvalue weighted by atomic mass is 16.5. The zero-order valence-corrected chi connectivity index (χ0v) is 15.9. The number of ether oxygens (including phenoxy) is 2. The molecule has 1 aromatic heterocycles. The molecule has 0 aliphatic rings. The third kappa shape index (κ3) is 3.37. The Labute approximate surface area is 163 Å². The van der Waals surface area contributed by atoms with E-state index < -0.39 is 0 Å². The fourth-order valence-corrected chi connectivity index (χ4v) is 3.53. The summed E-state index contributed by atoms with van der Waals surface area (Å²) in [5.74, 6) is 0.487. The maximum Gasteiger partial charge on any atom is 0.337 e. The second kappa shape index (κ2) is 7.61. The average molecular weight is 371 g/mol. The Hall–Kier alpha value is -3.53. The number of aromatic amines is 1. The van der Waals surface area contributed by atoms with Crippen LogP contribution in [-0.4, -0.2) is 25.2 Å². The van der Waals surface area contributed by atoms with Gasteiger partial charge in [-0.2, -0.15) is 0 Å². The molecule has 0 atom stereocenters. The minimum absolute atomic E-state index is 0.325. The minimum atomic E-state index is -0.325. The Morgan fingerprint density at radius 3 is 2.50 bits per heavy atom. The van der Waals surface area contributed by atoms with Crippen molar-refractivity contribution in [1.29, 1.82) is 0 Å². The molecular weight excluding hydrogens is 350 g/mol. The molecule has 0 aliphatic carbocycles. The number of hydrogen-bond acceptors (Lipinski definition) is 3. The lowest BCUT2D eigenvalue weighted by atomic mass is 9.97. The second-order valence-electron chi connectivity index (χ2n) is 6.62. The molecule has 0 spiro atoms. The van der Waals surface area contributed by atoms with Crippen LogP contribution in [0.1, 0.15) is 21.5 Å². The zero-order chi connectivity index (χ0) is 19.5. The van der Waals surface area contributed by atoms with Crippen molar-refractivity contribution in [3.05, 3.63) is 89.5 Å². The molecule has 1 N–H and O–H groups in total. The first-order valence-electron chi connectivity index (χ1n) is 9.11. The first-order chi connectivity index (χ1) is 13.7. The molecule has 4 nitrogen and oxygen atoms in total. The molecule has 140 valence electrons.